The monoisotopic (exact) mass is 312 g/mol. The Morgan fingerprint density at radius 1 is 1.26 bits per heavy atom. The lowest BCUT2D eigenvalue weighted by Gasteiger charge is -2.32. The first-order valence-electron chi connectivity index (χ1n) is 7.72. The quantitative estimate of drug-likeness (QED) is 0.938. The number of nitrogens with zero attached hydrogens (tertiary/aromatic N) is 3. The van der Waals surface area contributed by atoms with Gasteiger partial charge in [0.1, 0.15) is 5.82 Å². The summed E-state index contributed by atoms with van der Waals surface area (Å²) < 4.78 is 5.39. The van der Waals surface area contributed by atoms with Gasteiger partial charge in [-0.2, -0.15) is 0 Å². The number of ether oxygens (including phenoxy) is 1. The predicted molar refractivity (Wildman–Crippen MR) is 88.7 cm³/mol. The Hall–Kier alpha value is -2.47. The maximum absolute atomic E-state index is 12.1. The van der Waals surface area contributed by atoms with Crippen molar-refractivity contribution < 1.29 is 9.53 Å². The number of amides is 1. The summed E-state index contributed by atoms with van der Waals surface area (Å²) >= 11 is 0. The topological polar surface area (TPSA) is 67.4 Å². The van der Waals surface area contributed by atoms with E-state index in [-0.39, 0.29) is 5.91 Å². The van der Waals surface area contributed by atoms with Gasteiger partial charge in [0.2, 0.25) is 0 Å². The van der Waals surface area contributed by atoms with Crippen LogP contribution in [0.15, 0.2) is 42.9 Å². The van der Waals surface area contributed by atoms with Crippen LogP contribution in [0.3, 0.4) is 0 Å². The Morgan fingerprint density at radius 3 is 2.74 bits per heavy atom. The number of hydrogen-bond donors (Lipinski definition) is 1. The summed E-state index contributed by atoms with van der Waals surface area (Å²) in [5.74, 6) is 0.710. The number of aromatic nitrogens is 2. The highest BCUT2D eigenvalue weighted by Gasteiger charge is 2.19. The molecular formula is C17H20N4O2. The van der Waals surface area contributed by atoms with Crippen LogP contribution in [-0.2, 0) is 4.74 Å². The van der Waals surface area contributed by atoms with Crippen LogP contribution in [-0.4, -0.2) is 42.2 Å². The average Bonchev–Trinajstić information content (AvgIpc) is 2.63. The normalized spacial score (nSPS) is 15.2. The molecule has 0 spiro atoms. The van der Waals surface area contributed by atoms with Crippen LogP contribution >= 0.6 is 0 Å². The molecule has 1 fully saturated rings. The van der Waals surface area contributed by atoms with Gasteiger partial charge >= 0.3 is 0 Å². The third-order valence-electron chi connectivity index (χ3n) is 4.03. The maximum Gasteiger partial charge on any atom is 0.257 e. The fraction of sp³-hybridized carbons (Fsp3) is 0.353. The zero-order chi connectivity index (χ0) is 16.1. The van der Waals surface area contributed by atoms with E-state index in [2.05, 4.69) is 20.2 Å². The summed E-state index contributed by atoms with van der Waals surface area (Å²) in [6.45, 7) is 1.60. The Morgan fingerprint density at radius 2 is 2.09 bits per heavy atom. The molecule has 6 nitrogen and oxygen atoms in total. The molecule has 0 atom stereocenters. The predicted octanol–water partition coefficient (Wildman–Crippen LogP) is 2.34. The molecule has 1 saturated heterocycles. The zero-order valence-corrected chi connectivity index (χ0v) is 13.1. The van der Waals surface area contributed by atoms with E-state index < -0.39 is 0 Å². The average molecular weight is 312 g/mol. The molecule has 1 amide bonds. The molecule has 1 N–H and O–H groups in total. The lowest BCUT2D eigenvalue weighted by atomic mass is 10.1. The lowest BCUT2D eigenvalue weighted by Crippen LogP contribution is -2.37. The summed E-state index contributed by atoms with van der Waals surface area (Å²) in [6, 6.07) is 7.70. The zero-order valence-electron chi connectivity index (χ0n) is 13.1. The molecule has 0 bridgehead atoms. The highest BCUT2D eigenvalue weighted by Crippen LogP contribution is 2.20. The van der Waals surface area contributed by atoms with Crippen molar-refractivity contribution >= 4 is 17.4 Å². The second-order valence-electron chi connectivity index (χ2n) is 5.56. The fourth-order valence-electron chi connectivity index (χ4n) is 2.63. The number of carbonyl (C=O) groups is 1. The molecule has 0 saturated carbocycles. The van der Waals surface area contributed by atoms with Gasteiger partial charge in [-0.1, -0.05) is 0 Å². The molecule has 23 heavy (non-hydrogen) atoms. The number of anilines is 2. The molecule has 2 aromatic rings. The molecule has 3 heterocycles. The minimum Gasteiger partial charge on any atom is -0.381 e. The van der Waals surface area contributed by atoms with Crippen LogP contribution < -0.4 is 10.2 Å². The van der Waals surface area contributed by atoms with Gasteiger partial charge in [-0.05, 0) is 37.1 Å². The lowest BCUT2D eigenvalue weighted by molar-refractivity contribution is 0.0853. The fourth-order valence-corrected chi connectivity index (χ4v) is 2.63. The van der Waals surface area contributed by atoms with E-state index in [1.807, 2.05) is 19.2 Å². The summed E-state index contributed by atoms with van der Waals surface area (Å²) in [6.07, 6.45) is 6.88. The molecule has 0 radical (unpaired) electrons. The second kappa shape index (κ2) is 7.19. The Bertz CT molecular complexity index is 639. The smallest absolute Gasteiger partial charge is 0.257 e. The van der Waals surface area contributed by atoms with Crippen LogP contribution in [0.5, 0.6) is 0 Å². The Labute approximate surface area is 135 Å². The molecule has 0 unspecified atom stereocenters. The van der Waals surface area contributed by atoms with Gasteiger partial charge in [0.05, 0.1) is 17.4 Å². The molecular weight excluding hydrogens is 292 g/mol. The summed E-state index contributed by atoms with van der Waals surface area (Å²) in [5.41, 5.74) is 1.19. The van der Waals surface area contributed by atoms with Gasteiger partial charge in [0, 0.05) is 38.7 Å². The number of carbonyl (C=O) groups excluding carboxylic acids is 1. The Balaban J connectivity index is 1.63. The summed E-state index contributed by atoms with van der Waals surface area (Å²) in [5, 5.41) is 2.82. The highest BCUT2D eigenvalue weighted by atomic mass is 16.5. The van der Waals surface area contributed by atoms with Crippen molar-refractivity contribution in [2.24, 2.45) is 0 Å². The van der Waals surface area contributed by atoms with Crippen molar-refractivity contribution in [3.63, 3.8) is 0 Å². The van der Waals surface area contributed by atoms with Gasteiger partial charge in [-0.3, -0.25) is 9.78 Å². The molecule has 2 aromatic heterocycles. The third kappa shape index (κ3) is 3.84. The molecule has 0 aromatic carbocycles. The van der Waals surface area contributed by atoms with Gasteiger partial charge in [-0.15, -0.1) is 0 Å². The largest absolute Gasteiger partial charge is 0.381 e. The molecule has 3 rings (SSSR count). The van der Waals surface area contributed by atoms with E-state index in [0.717, 1.165) is 31.9 Å². The van der Waals surface area contributed by atoms with Gasteiger partial charge in [0.15, 0.2) is 0 Å². The van der Waals surface area contributed by atoms with Gasteiger partial charge < -0.3 is 15.0 Å². The van der Waals surface area contributed by atoms with Crippen molar-refractivity contribution in [2.75, 3.05) is 30.5 Å². The first-order valence-corrected chi connectivity index (χ1v) is 7.72. The van der Waals surface area contributed by atoms with E-state index in [1.54, 1.807) is 24.5 Å². The summed E-state index contributed by atoms with van der Waals surface area (Å²) in [4.78, 5) is 22.7. The SMILES string of the molecule is CN(c1ccc(NC(=O)c2cccnc2)cn1)C1CCOCC1. The van der Waals surface area contributed by atoms with E-state index in [0.29, 0.717) is 17.3 Å². The first-order chi connectivity index (χ1) is 11.2. The molecule has 120 valence electrons. The third-order valence-corrected chi connectivity index (χ3v) is 4.03. The first kappa shape index (κ1) is 15.4. The van der Waals surface area contributed by atoms with E-state index in [9.17, 15) is 4.79 Å². The molecule has 1 aliphatic heterocycles. The minimum absolute atomic E-state index is 0.189. The van der Waals surface area contributed by atoms with Gasteiger partial charge in [-0.25, -0.2) is 4.98 Å². The highest BCUT2D eigenvalue weighted by molar-refractivity contribution is 6.03. The van der Waals surface area contributed by atoms with Crippen molar-refractivity contribution in [3.8, 4) is 0 Å². The molecule has 1 aliphatic rings. The maximum atomic E-state index is 12.1. The number of pyridine rings is 2. The van der Waals surface area contributed by atoms with E-state index in [4.69, 9.17) is 4.74 Å². The van der Waals surface area contributed by atoms with Gasteiger partial charge in [0.25, 0.3) is 5.91 Å². The van der Waals surface area contributed by atoms with Crippen molar-refractivity contribution in [3.05, 3.63) is 48.4 Å². The van der Waals surface area contributed by atoms with Crippen molar-refractivity contribution in [1.82, 2.24) is 9.97 Å². The number of nitrogens with one attached hydrogen (secondary N) is 1. The molecule has 0 aliphatic carbocycles. The van der Waals surface area contributed by atoms with Crippen molar-refractivity contribution in [2.45, 2.75) is 18.9 Å². The summed E-state index contributed by atoms with van der Waals surface area (Å²) in [7, 11) is 2.05. The van der Waals surface area contributed by atoms with Crippen LogP contribution in [0.4, 0.5) is 11.5 Å². The van der Waals surface area contributed by atoms with Crippen LogP contribution in [0.2, 0.25) is 0 Å². The Kier molecular flexibility index (Phi) is 4.83. The van der Waals surface area contributed by atoms with Crippen LogP contribution in [0, 0.1) is 0 Å². The second-order valence-corrected chi connectivity index (χ2v) is 5.56. The van der Waals surface area contributed by atoms with Crippen molar-refractivity contribution in [1.29, 1.82) is 0 Å². The number of rotatable bonds is 4. The minimum atomic E-state index is -0.189. The van der Waals surface area contributed by atoms with E-state index in [1.165, 1.54) is 6.20 Å². The van der Waals surface area contributed by atoms with Crippen LogP contribution in [0.1, 0.15) is 23.2 Å². The number of hydrogen-bond acceptors (Lipinski definition) is 5. The van der Waals surface area contributed by atoms with Crippen LogP contribution in [0.25, 0.3) is 0 Å². The molecule has 6 heteroatoms. The standard InChI is InChI=1S/C17H20N4O2/c1-21(15-6-9-23-10-7-15)16-5-4-14(12-19-16)20-17(22)13-3-2-8-18-11-13/h2-5,8,11-12,15H,6-7,9-10H2,1H3,(H,20,22). The van der Waals surface area contributed by atoms with E-state index >= 15 is 0 Å².